The Hall–Kier alpha value is -0.418. The van der Waals surface area contributed by atoms with Crippen LogP contribution in [0.4, 0.5) is 0 Å². The minimum atomic E-state index is -1.56. The largest absolute Gasteiger partial charge is 0.490 e. The molecule has 0 saturated heterocycles. The number of pyridine rings is 3. The minimum absolute atomic E-state index is 0.0469. The molecule has 0 unspecified atom stereocenters. The Morgan fingerprint density at radius 3 is 0.852 bits per heavy atom. The molecule has 0 aliphatic carbocycles. The molecule has 0 aromatic carbocycles. The van der Waals surface area contributed by atoms with E-state index >= 15 is 0 Å². The third-order valence-electron chi connectivity index (χ3n) is 14.5. The van der Waals surface area contributed by atoms with Crippen molar-refractivity contribution in [2.75, 3.05) is 68.5 Å². The number of carboxylic acid groups (broad SMARTS) is 1. The molecule has 3 heterocycles. The van der Waals surface area contributed by atoms with Crippen molar-refractivity contribution in [3.63, 3.8) is 0 Å². The lowest BCUT2D eigenvalue weighted by Crippen LogP contribution is -2.93. The van der Waals surface area contributed by atoms with Gasteiger partial charge in [-0.2, -0.15) is 0 Å². The second kappa shape index (κ2) is 43.6. The van der Waals surface area contributed by atoms with E-state index in [4.69, 9.17) is 193 Å². The predicted molar refractivity (Wildman–Crippen MR) is 429 cm³/mol. The van der Waals surface area contributed by atoms with Crippen molar-refractivity contribution in [3.8, 4) is 0 Å². The number of amides is 2. The van der Waals surface area contributed by atoms with Crippen molar-refractivity contribution >= 4 is 374 Å². The summed E-state index contributed by atoms with van der Waals surface area (Å²) in [5, 5.41) is 26.2. The molecule has 88 heavy (non-hydrogen) atoms. The predicted octanol–water partition coefficient (Wildman–Crippen LogP) is -15.3. The summed E-state index contributed by atoms with van der Waals surface area (Å²) in [6, 6.07) is 9.58. The van der Waals surface area contributed by atoms with E-state index in [0.717, 1.165) is 22.0 Å². The second-order valence-corrected chi connectivity index (χ2v) is 23.9. The number of carboxylic acids is 1. The summed E-state index contributed by atoms with van der Waals surface area (Å²) in [5.74, 6) is -1.24. The van der Waals surface area contributed by atoms with Crippen LogP contribution in [0, 0.1) is 0 Å². The average molecular weight is 1220 g/mol. The fraction of sp³-hybridized carbons (Fsp3) is 0.357. The van der Waals surface area contributed by atoms with Gasteiger partial charge >= 0.3 is 13.1 Å². The van der Waals surface area contributed by atoms with Gasteiger partial charge in [0.05, 0.1) is 0 Å². The van der Waals surface area contributed by atoms with E-state index in [1.165, 1.54) is 30.6 Å². The molecule has 3 aromatic heterocycles. The van der Waals surface area contributed by atoms with Gasteiger partial charge in [-0.1, -0.05) is 6.07 Å². The van der Waals surface area contributed by atoms with Gasteiger partial charge in [0.15, 0.2) is 0 Å². The molecular weight excluding hydrogens is 1180 g/mol. The molecule has 0 aliphatic heterocycles. The van der Waals surface area contributed by atoms with Gasteiger partial charge in [-0.3, -0.25) is 14.6 Å². The number of rotatable bonds is 30. The van der Waals surface area contributed by atoms with Gasteiger partial charge in [0.25, 0.3) is 11.8 Å². The molecule has 2 amide bonds. The van der Waals surface area contributed by atoms with Gasteiger partial charge in [-0.15, -0.1) is 0 Å². The summed E-state index contributed by atoms with van der Waals surface area (Å²) in [6.07, 6.45) is -20.9. The molecule has 3 N–H and O–H groups in total. The topological polar surface area (TPSA) is 164 Å². The Morgan fingerprint density at radius 1 is 0.375 bits per heavy atom. The SMILES string of the molecule is CN(C)CCN(C)C(=O)c1ccc(B(O)O)cn1.CN(C)CCN(C)C(=O)c1ccc(Br)cn1.O=C(O)c1ccc(Br)cn1.[B]B([B])B([B])B(B(B([B])[B])B([B])[B])B(B(B(B([B])[B])B([B])[B])B(B([B])[B])B([B])[B])B(B(B([B])[B])B([B])[B])B(B([B])[B])B([B])[B]. The van der Waals surface area contributed by atoms with Crippen molar-refractivity contribution in [1.82, 2.24) is 34.6 Å². The van der Waals surface area contributed by atoms with E-state index < -0.39 is 147 Å². The lowest BCUT2D eigenvalue weighted by molar-refractivity contribution is 0.0689. The summed E-state index contributed by atoms with van der Waals surface area (Å²) < 4.78 is 1.65. The molecule has 3 aromatic rings. The van der Waals surface area contributed by atoms with Crippen LogP contribution in [0.1, 0.15) is 31.5 Å². The van der Waals surface area contributed by atoms with E-state index in [9.17, 15) is 14.4 Å². The highest BCUT2D eigenvalue weighted by molar-refractivity contribution is 9.10. The lowest BCUT2D eigenvalue weighted by Gasteiger charge is -2.55. The number of hydrogen-bond donors (Lipinski definition) is 3. The number of nitrogens with zero attached hydrogens (tertiary/aromatic N) is 7. The molecule has 0 bridgehead atoms. The highest BCUT2D eigenvalue weighted by atomic mass is 79.9. The number of halogens is 2. The van der Waals surface area contributed by atoms with E-state index in [1.807, 2.05) is 44.1 Å². The fourth-order valence-electron chi connectivity index (χ4n) is 10.2. The Bertz CT molecular complexity index is 2320. The normalized spacial score (nSPS) is 9.95. The highest BCUT2D eigenvalue weighted by Crippen LogP contribution is 2.21. The second-order valence-electron chi connectivity index (χ2n) is 22.1. The van der Waals surface area contributed by atoms with Crippen LogP contribution in [0.2, 0.25) is 0 Å². The van der Waals surface area contributed by atoms with Crippen LogP contribution in [0.15, 0.2) is 63.9 Å². The molecule has 13 nitrogen and oxygen atoms in total. The van der Waals surface area contributed by atoms with E-state index in [-0.39, 0.29) is 23.0 Å². The van der Waals surface area contributed by atoms with Crippen molar-refractivity contribution in [1.29, 1.82) is 0 Å². The summed E-state index contributed by atoms with van der Waals surface area (Å²) >= 11 is 6.43. The number of carbonyl (C=O) groups is 3. The van der Waals surface area contributed by atoms with Gasteiger partial charge in [0.2, 0.25) is 0 Å². The van der Waals surface area contributed by atoms with Crippen molar-refractivity contribution in [2.24, 2.45) is 0 Å². The molecule has 0 spiro atoms. The van der Waals surface area contributed by atoms with Gasteiger partial charge in [0, 0.05) is 385 Å². The smallest absolute Gasteiger partial charge is 0.477 e. The number of likely N-dealkylation sites (N-methyl/N-ethyl adjacent to an activating group) is 4. The molecule has 46 radical (unpaired) electrons. The first-order valence-electron chi connectivity index (χ1n) is 27.5. The van der Waals surface area contributed by atoms with Crippen molar-refractivity contribution < 1.29 is 29.5 Å². The molecule has 0 fully saturated rings. The summed E-state index contributed by atoms with van der Waals surface area (Å²) in [4.78, 5) is 53.0. The Morgan fingerprint density at radius 2 is 0.636 bits per heavy atom. The number of aromatic carboxylic acids is 1. The lowest BCUT2D eigenvalue weighted by atomic mass is 8.26. The van der Waals surface area contributed by atoms with Gasteiger partial charge in [-0.25, -0.2) is 14.8 Å². The average Bonchev–Trinajstić information content (AvgIpc) is 0.818. The maximum atomic E-state index is 12.0. The molecule has 0 saturated carbocycles. The monoisotopic (exact) mass is 1220 g/mol. The van der Waals surface area contributed by atoms with E-state index in [1.54, 1.807) is 42.2 Å². The first-order chi connectivity index (χ1) is 40.6. The van der Waals surface area contributed by atoms with Crippen LogP contribution >= 0.6 is 31.9 Å². The van der Waals surface area contributed by atoms with Crippen LogP contribution in [0.5, 0.6) is 0 Å². The summed E-state index contributed by atoms with van der Waals surface area (Å²) in [6.45, 7) is 2.93. The van der Waals surface area contributed by atoms with Gasteiger partial charge in [0.1, 0.15) is 17.1 Å². The standard InChI is InChI=1S/C11H18BN3O3.C11H16BrN3O.C6H4BrNO2.B44/c1-14(2)6-7-15(3)11(16)10-5-4-9(8-13-10)12(17)18;1-14(2)6-7-15(3)11(16)10-5-4-9(12)8-13-10;7-4-1-2-5(6(9)10)8-3-4;1-24(2)35(23)41(36(25(3)4)26(5)6)44(42(37(27(7)8)28(9)10)38(29(11)12)30(13)14)43(39(31(15)16)32(17)18)40(33(19)20)34(21)22/h4-5,8,17-18H,6-7H2,1-3H3;4-5,8H,6-7H2,1-3H3;1-3H,(H,9,10);. The van der Waals surface area contributed by atoms with Crippen molar-refractivity contribution in [2.45, 2.75) is 0 Å². The minimum Gasteiger partial charge on any atom is -0.477 e. The summed E-state index contributed by atoms with van der Waals surface area (Å²) in [5.41, 5.74) is 1.09. The molecule has 3 rings (SSSR count). The highest BCUT2D eigenvalue weighted by Gasteiger charge is 2.58. The number of aromatic nitrogens is 3. The maximum Gasteiger partial charge on any atom is 0.490 e. The maximum absolute atomic E-state index is 12.0. The first kappa shape index (κ1) is 87.6. The van der Waals surface area contributed by atoms with E-state index in [0.29, 0.717) is 24.5 Å². The van der Waals surface area contributed by atoms with Crippen LogP contribution in [0.3, 0.4) is 0 Å². The zero-order chi connectivity index (χ0) is 68.5. The number of carbonyl (C=O) groups excluding carboxylic acids is 2. The van der Waals surface area contributed by atoms with Crippen LogP contribution < -0.4 is 5.46 Å². The zero-order valence-electron chi connectivity index (χ0n) is 51.0. The third-order valence-corrected chi connectivity index (χ3v) is 15.5. The molecule has 60 heteroatoms. The summed E-state index contributed by atoms with van der Waals surface area (Å²) in [7, 11) is 155. The van der Waals surface area contributed by atoms with Crippen molar-refractivity contribution in [3.05, 3.63) is 81.0 Å². The number of hydrogen-bond acceptors (Lipinski definition) is 10. The van der Waals surface area contributed by atoms with Crippen LogP contribution in [0.25, 0.3) is 0 Å². The van der Waals surface area contributed by atoms with Gasteiger partial charge < -0.3 is 34.8 Å². The zero-order valence-corrected chi connectivity index (χ0v) is 54.1. The van der Waals surface area contributed by atoms with Crippen LogP contribution in [-0.2, 0) is 0 Å². The van der Waals surface area contributed by atoms with E-state index in [2.05, 4.69) is 46.8 Å². The van der Waals surface area contributed by atoms with Gasteiger partial charge in [-0.05, 0) is 90.4 Å². The molecule has 0 aliphatic rings. The Balaban J connectivity index is 0.00000138. The Kier molecular flexibility index (Phi) is 43.4. The quantitative estimate of drug-likeness (QED) is 0.0544. The molecule has 370 valence electrons. The molecular formula is C28H38B45Br2N7O6. The third kappa shape index (κ3) is 29.7. The fourth-order valence-corrected chi connectivity index (χ4v) is 10.6. The molecule has 0 atom stereocenters. The first-order valence-corrected chi connectivity index (χ1v) is 29.1. The van der Waals surface area contributed by atoms with Crippen LogP contribution in [-0.4, -0.2) is 455 Å². The Labute approximate surface area is 583 Å².